The van der Waals surface area contributed by atoms with E-state index in [1.807, 2.05) is 0 Å². The molecule has 1 aliphatic rings. The molecule has 2 rings (SSSR count). The molecule has 2 unspecified atom stereocenters. The van der Waals surface area contributed by atoms with Crippen LogP contribution in [0.2, 0.25) is 0 Å². The molecule has 1 aromatic rings. The number of aliphatic hydroxyl groups is 1. The molecule has 19 heavy (non-hydrogen) atoms. The van der Waals surface area contributed by atoms with E-state index in [9.17, 15) is 13.9 Å². The van der Waals surface area contributed by atoms with Crippen molar-refractivity contribution in [3.63, 3.8) is 0 Å². The normalized spacial score (nSPS) is 24.6. The minimum absolute atomic E-state index is 0.169. The second kappa shape index (κ2) is 6.44. The van der Waals surface area contributed by atoms with Gasteiger partial charge >= 0.3 is 0 Å². The molecule has 1 saturated heterocycles. The van der Waals surface area contributed by atoms with Crippen LogP contribution < -0.4 is 0 Å². The van der Waals surface area contributed by atoms with Crippen LogP contribution in [-0.2, 0) is 6.42 Å². The average Bonchev–Trinajstić information content (AvgIpc) is 2.41. The number of likely N-dealkylation sites (tertiary alicyclic amines) is 1. The molecule has 2 nitrogen and oxygen atoms in total. The molecule has 106 valence electrons. The summed E-state index contributed by atoms with van der Waals surface area (Å²) in [4.78, 5) is 2.28. The highest BCUT2D eigenvalue weighted by Crippen LogP contribution is 2.23. The summed E-state index contributed by atoms with van der Waals surface area (Å²) in [5.74, 6) is -1.59. The van der Waals surface area contributed by atoms with Gasteiger partial charge in [0.1, 0.15) is 0 Å². The fourth-order valence-corrected chi connectivity index (χ4v) is 2.89. The van der Waals surface area contributed by atoms with E-state index in [0.29, 0.717) is 12.5 Å². The predicted molar refractivity (Wildman–Crippen MR) is 71.0 cm³/mol. The summed E-state index contributed by atoms with van der Waals surface area (Å²) in [5, 5.41) is 9.41. The molecule has 0 aliphatic carbocycles. The monoisotopic (exact) mass is 269 g/mol. The number of halogens is 2. The Morgan fingerprint density at radius 3 is 2.74 bits per heavy atom. The molecule has 0 saturated carbocycles. The Hall–Kier alpha value is -1.00. The molecule has 2 atom stereocenters. The number of hydrogen-bond donors (Lipinski definition) is 1. The highest BCUT2D eigenvalue weighted by Gasteiger charge is 2.26. The van der Waals surface area contributed by atoms with Crippen molar-refractivity contribution < 1.29 is 13.9 Å². The Balaban J connectivity index is 1.97. The fraction of sp³-hybridized carbons (Fsp3) is 0.600. The maximum absolute atomic E-state index is 13.1. The number of benzene rings is 1. The quantitative estimate of drug-likeness (QED) is 0.908. The number of aliphatic hydroxyl groups excluding tert-OH is 1. The van der Waals surface area contributed by atoms with E-state index >= 15 is 0 Å². The van der Waals surface area contributed by atoms with Crippen molar-refractivity contribution in [3.8, 4) is 0 Å². The van der Waals surface area contributed by atoms with Gasteiger partial charge in [-0.3, -0.25) is 4.90 Å². The fourth-order valence-electron chi connectivity index (χ4n) is 2.89. The number of rotatable bonds is 4. The first-order valence-electron chi connectivity index (χ1n) is 6.92. The highest BCUT2D eigenvalue weighted by atomic mass is 19.2. The van der Waals surface area contributed by atoms with Gasteiger partial charge in [-0.2, -0.15) is 0 Å². The van der Waals surface area contributed by atoms with Crippen LogP contribution in [0.1, 0.15) is 31.7 Å². The van der Waals surface area contributed by atoms with Crippen molar-refractivity contribution in [3.05, 3.63) is 35.4 Å². The van der Waals surface area contributed by atoms with E-state index in [4.69, 9.17) is 0 Å². The lowest BCUT2D eigenvalue weighted by molar-refractivity contribution is 0.0529. The molecule has 0 amide bonds. The molecule has 0 radical (unpaired) electrons. The van der Waals surface area contributed by atoms with Gasteiger partial charge < -0.3 is 5.11 Å². The zero-order valence-electron chi connectivity index (χ0n) is 11.3. The van der Waals surface area contributed by atoms with Gasteiger partial charge in [0.2, 0.25) is 0 Å². The molecular weight excluding hydrogens is 248 g/mol. The summed E-state index contributed by atoms with van der Waals surface area (Å²) < 4.78 is 26.0. The average molecular weight is 269 g/mol. The molecule has 1 heterocycles. The first kappa shape index (κ1) is 14.4. The van der Waals surface area contributed by atoms with Crippen molar-refractivity contribution >= 4 is 0 Å². The molecule has 0 spiro atoms. The molecule has 4 heteroatoms. The maximum atomic E-state index is 13.1. The Kier molecular flexibility index (Phi) is 4.88. The van der Waals surface area contributed by atoms with Crippen molar-refractivity contribution in [2.24, 2.45) is 0 Å². The first-order chi connectivity index (χ1) is 9.11. The minimum atomic E-state index is -0.802. The Labute approximate surface area is 113 Å². The standard InChI is InChI=1S/C15H21F2NO/c1-11-3-2-4-13(10-19)18(11)8-7-12-5-6-14(16)15(17)9-12/h5-6,9,11,13,19H,2-4,7-8,10H2,1H3. The molecule has 1 aliphatic heterocycles. The summed E-state index contributed by atoms with van der Waals surface area (Å²) in [6.45, 7) is 3.10. The zero-order valence-corrected chi connectivity index (χ0v) is 11.3. The van der Waals surface area contributed by atoms with E-state index in [1.165, 1.54) is 12.1 Å². The summed E-state index contributed by atoms with van der Waals surface area (Å²) in [6, 6.07) is 4.71. The lowest BCUT2D eigenvalue weighted by atomic mass is 9.96. The summed E-state index contributed by atoms with van der Waals surface area (Å²) in [7, 11) is 0. The molecular formula is C15H21F2NO. The summed E-state index contributed by atoms with van der Waals surface area (Å²) in [6.07, 6.45) is 3.97. The van der Waals surface area contributed by atoms with Crippen LogP contribution in [0.5, 0.6) is 0 Å². The third-order valence-corrected chi connectivity index (χ3v) is 4.05. The molecule has 1 aromatic carbocycles. The Morgan fingerprint density at radius 1 is 1.26 bits per heavy atom. The molecule has 0 bridgehead atoms. The molecule has 1 fully saturated rings. The number of piperidine rings is 1. The second-order valence-electron chi connectivity index (χ2n) is 5.35. The van der Waals surface area contributed by atoms with Crippen molar-refractivity contribution in [1.29, 1.82) is 0 Å². The van der Waals surface area contributed by atoms with Crippen molar-refractivity contribution in [1.82, 2.24) is 4.90 Å². The van der Waals surface area contributed by atoms with Crippen molar-refractivity contribution in [2.75, 3.05) is 13.2 Å². The van der Waals surface area contributed by atoms with Crippen molar-refractivity contribution in [2.45, 2.75) is 44.7 Å². The zero-order chi connectivity index (χ0) is 13.8. The van der Waals surface area contributed by atoms with Crippen LogP contribution in [0.25, 0.3) is 0 Å². The van der Waals surface area contributed by atoms with Gasteiger partial charge in [0, 0.05) is 18.6 Å². The summed E-state index contributed by atoms with van der Waals surface area (Å²) in [5.41, 5.74) is 0.799. The van der Waals surface area contributed by atoms with E-state index in [0.717, 1.165) is 31.4 Å². The SMILES string of the molecule is CC1CCCC(CO)N1CCc1ccc(F)c(F)c1. The van der Waals surface area contributed by atoms with Crippen LogP contribution in [0, 0.1) is 11.6 Å². The van der Waals surface area contributed by atoms with E-state index in [1.54, 1.807) is 6.07 Å². The topological polar surface area (TPSA) is 23.5 Å². The minimum Gasteiger partial charge on any atom is -0.395 e. The van der Waals surface area contributed by atoms with Gasteiger partial charge in [-0.05, 0) is 43.9 Å². The summed E-state index contributed by atoms with van der Waals surface area (Å²) >= 11 is 0. The van der Waals surface area contributed by atoms with Crippen LogP contribution in [-0.4, -0.2) is 35.2 Å². The highest BCUT2D eigenvalue weighted by molar-refractivity contribution is 5.18. The van der Waals surface area contributed by atoms with E-state index < -0.39 is 11.6 Å². The van der Waals surface area contributed by atoms with Crippen LogP contribution in [0.3, 0.4) is 0 Å². The Bertz CT molecular complexity index is 425. The van der Waals surface area contributed by atoms with Crippen LogP contribution in [0.15, 0.2) is 18.2 Å². The van der Waals surface area contributed by atoms with Gasteiger partial charge in [-0.25, -0.2) is 8.78 Å². The third kappa shape index (κ3) is 3.51. The van der Waals surface area contributed by atoms with Gasteiger partial charge in [-0.15, -0.1) is 0 Å². The van der Waals surface area contributed by atoms with E-state index in [-0.39, 0.29) is 12.6 Å². The van der Waals surface area contributed by atoms with E-state index in [2.05, 4.69) is 11.8 Å². The Morgan fingerprint density at radius 2 is 2.05 bits per heavy atom. The lowest BCUT2D eigenvalue weighted by Crippen LogP contribution is -2.47. The predicted octanol–water partition coefficient (Wildman–Crippen LogP) is 2.74. The number of nitrogens with zero attached hydrogens (tertiary/aromatic N) is 1. The maximum Gasteiger partial charge on any atom is 0.159 e. The molecule has 1 N–H and O–H groups in total. The smallest absolute Gasteiger partial charge is 0.159 e. The lowest BCUT2D eigenvalue weighted by Gasteiger charge is -2.40. The van der Waals surface area contributed by atoms with Gasteiger partial charge in [0.15, 0.2) is 11.6 Å². The molecule has 0 aromatic heterocycles. The largest absolute Gasteiger partial charge is 0.395 e. The third-order valence-electron chi connectivity index (χ3n) is 4.05. The van der Waals surface area contributed by atoms with Gasteiger partial charge in [-0.1, -0.05) is 12.5 Å². The van der Waals surface area contributed by atoms with Crippen LogP contribution >= 0.6 is 0 Å². The first-order valence-corrected chi connectivity index (χ1v) is 6.92. The van der Waals surface area contributed by atoms with Crippen LogP contribution in [0.4, 0.5) is 8.78 Å². The second-order valence-corrected chi connectivity index (χ2v) is 5.35. The van der Waals surface area contributed by atoms with Gasteiger partial charge in [0.25, 0.3) is 0 Å². The van der Waals surface area contributed by atoms with Gasteiger partial charge in [0.05, 0.1) is 6.61 Å². The number of hydrogen-bond acceptors (Lipinski definition) is 2.